The maximum absolute atomic E-state index is 13.5. The highest BCUT2D eigenvalue weighted by Crippen LogP contribution is 2.46. The van der Waals surface area contributed by atoms with Gasteiger partial charge in [-0.2, -0.15) is 4.39 Å². The molecule has 120 valence electrons. The molecule has 3 nitrogen and oxygen atoms in total. The second-order valence-corrected chi connectivity index (χ2v) is 6.68. The Bertz CT molecular complexity index is 714. The number of fused-ring (bicyclic) bond motifs is 2. The van der Waals surface area contributed by atoms with Crippen molar-refractivity contribution in [3.8, 4) is 0 Å². The fourth-order valence-corrected chi connectivity index (χ4v) is 3.85. The first-order valence-electron chi connectivity index (χ1n) is 7.91. The molecule has 1 aromatic carbocycles. The summed E-state index contributed by atoms with van der Waals surface area (Å²) in [5.41, 5.74) is 2.73. The van der Waals surface area contributed by atoms with Crippen LogP contribution in [0.15, 0.2) is 36.5 Å². The van der Waals surface area contributed by atoms with Crippen molar-refractivity contribution >= 4 is 11.6 Å². The summed E-state index contributed by atoms with van der Waals surface area (Å²) >= 11 is 6.05. The van der Waals surface area contributed by atoms with E-state index in [1.807, 2.05) is 6.07 Å². The van der Waals surface area contributed by atoms with Crippen LogP contribution in [0.4, 0.5) is 4.39 Å². The van der Waals surface area contributed by atoms with Crippen LogP contribution in [0, 0.1) is 5.95 Å². The van der Waals surface area contributed by atoms with Gasteiger partial charge in [-0.25, -0.2) is 4.98 Å². The minimum Gasteiger partial charge on any atom is -0.365 e. The Hall–Kier alpha value is -1.49. The molecule has 0 bridgehead atoms. The molecule has 1 saturated heterocycles. The summed E-state index contributed by atoms with van der Waals surface area (Å²) in [5, 5.41) is 0.117. The molecule has 0 aliphatic carbocycles. The zero-order chi connectivity index (χ0) is 15.9. The van der Waals surface area contributed by atoms with E-state index in [-0.39, 0.29) is 10.6 Å². The topological polar surface area (TPSA) is 25.4 Å². The quantitative estimate of drug-likeness (QED) is 0.780. The molecule has 23 heavy (non-hydrogen) atoms. The zero-order valence-corrected chi connectivity index (χ0v) is 13.5. The van der Waals surface area contributed by atoms with Crippen LogP contribution in [-0.4, -0.2) is 23.0 Å². The van der Waals surface area contributed by atoms with Crippen LogP contribution >= 0.6 is 11.6 Å². The van der Waals surface area contributed by atoms with Crippen molar-refractivity contribution in [3.63, 3.8) is 0 Å². The van der Waals surface area contributed by atoms with Crippen molar-refractivity contribution in [1.29, 1.82) is 0 Å². The van der Waals surface area contributed by atoms with Crippen LogP contribution in [0.3, 0.4) is 0 Å². The van der Waals surface area contributed by atoms with E-state index in [0.717, 1.165) is 43.6 Å². The van der Waals surface area contributed by atoms with Gasteiger partial charge in [-0.3, -0.25) is 4.90 Å². The van der Waals surface area contributed by atoms with Crippen molar-refractivity contribution in [3.05, 3.63) is 64.2 Å². The molecule has 3 heterocycles. The lowest BCUT2D eigenvalue weighted by Crippen LogP contribution is -2.42. The van der Waals surface area contributed by atoms with E-state index < -0.39 is 5.95 Å². The number of pyridine rings is 1. The third-order valence-corrected chi connectivity index (χ3v) is 5.36. The molecule has 0 unspecified atom stereocenters. The van der Waals surface area contributed by atoms with Gasteiger partial charge in [0.1, 0.15) is 5.02 Å². The van der Waals surface area contributed by atoms with Gasteiger partial charge in [-0.05, 0) is 18.4 Å². The summed E-state index contributed by atoms with van der Waals surface area (Å²) in [5.74, 6) is -0.604. The summed E-state index contributed by atoms with van der Waals surface area (Å²) in [7, 11) is 0. The summed E-state index contributed by atoms with van der Waals surface area (Å²) in [6.07, 6.45) is 3.38. The highest BCUT2D eigenvalue weighted by atomic mass is 35.5. The predicted molar refractivity (Wildman–Crippen MR) is 86.6 cm³/mol. The largest absolute Gasteiger partial charge is 0.365 e. The maximum Gasteiger partial charge on any atom is 0.232 e. The van der Waals surface area contributed by atoms with Crippen molar-refractivity contribution < 1.29 is 9.13 Å². The smallest absolute Gasteiger partial charge is 0.232 e. The summed E-state index contributed by atoms with van der Waals surface area (Å²) in [6, 6.07) is 10.5. The Balaban J connectivity index is 1.50. The van der Waals surface area contributed by atoms with Gasteiger partial charge in [0.15, 0.2) is 0 Å². The molecule has 0 amide bonds. The molecule has 1 aromatic heterocycles. The summed E-state index contributed by atoms with van der Waals surface area (Å²) in [6.45, 7) is 3.23. The second-order valence-electron chi connectivity index (χ2n) is 6.30. The minimum absolute atomic E-state index is 0.117. The van der Waals surface area contributed by atoms with Crippen molar-refractivity contribution in [1.82, 2.24) is 9.88 Å². The van der Waals surface area contributed by atoms with Gasteiger partial charge in [-0.1, -0.05) is 41.9 Å². The number of benzene rings is 1. The number of halogens is 2. The minimum atomic E-state index is -0.604. The lowest BCUT2D eigenvalue weighted by molar-refractivity contribution is -0.0800. The average Bonchev–Trinajstić information content (AvgIpc) is 2.93. The van der Waals surface area contributed by atoms with Crippen LogP contribution in [0.1, 0.15) is 29.5 Å². The monoisotopic (exact) mass is 332 g/mol. The molecule has 2 aliphatic heterocycles. The molecule has 0 N–H and O–H groups in total. The number of likely N-dealkylation sites (tertiary alicyclic amines) is 1. The standard InChI is InChI=1S/C18H18ClFN2O/c19-16-14-12-23-18(15(14)10-21-17(16)20)6-8-22(9-7-18)11-13-4-2-1-3-5-13/h1-5,10H,6-9,11-12H2. The van der Waals surface area contributed by atoms with Gasteiger partial charge in [0.2, 0.25) is 5.95 Å². The molecule has 1 spiro atoms. The first-order valence-corrected chi connectivity index (χ1v) is 8.29. The fraction of sp³-hybridized carbons (Fsp3) is 0.389. The molecular weight excluding hydrogens is 315 g/mol. The lowest BCUT2D eigenvalue weighted by atomic mass is 9.84. The maximum atomic E-state index is 13.5. The Morgan fingerprint density at radius 3 is 2.70 bits per heavy atom. The SMILES string of the molecule is Fc1ncc2c(c1Cl)COC21CCN(Cc2ccccc2)CC1. The third kappa shape index (κ3) is 2.65. The molecule has 0 radical (unpaired) electrons. The van der Waals surface area contributed by atoms with E-state index in [1.165, 1.54) is 5.56 Å². The number of hydrogen-bond acceptors (Lipinski definition) is 3. The summed E-state index contributed by atoms with van der Waals surface area (Å²) < 4.78 is 19.6. The van der Waals surface area contributed by atoms with E-state index in [1.54, 1.807) is 6.20 Å². The molecule has 0 atom stereocenters. The van der Waals surface area contributed by atoms with Gasteiger partial charge in [0.05, 0.1) is 12.2 Å². The van der Waals surface area contributed by atoms with Gasteiger partial charge >= 0.3 is 0 Å². The van der Waals surface area contributed by atoms with E-state index in [0.29, 0.717) is 6.61 Å². The lowest BCUT2D eigenvalue weighted by Gasteiger charge is -2.39. The van der Waals surface area contributed by atoms with Crippen molar-refractivity contribution in [2.24, 2.45) is 0 Å². The summed E-state index contributed by atoms with van der Waals surface area (Å²) in [4.78, 5) is 6.23. The van der Waals surface area contributed by atoms with E-state index >= 15 is 0 Å². The molecule has 1 fully saturated rings. The van der Waals surface area contributed by atoms with Gasteiger partial charge in [0, 0.05) is 37.0 Å². The van der Waals surface area contributed by atoms with Crippen LogP contribution in [0.2, 0.25) is 5.02 Å². The van der Waals surface area contributed by atoms with Crippen LogP contribution in [0.5, 0.6) is 0 Å². The van der Waals surface area contributed by atoms with E-state index in [4.69, 9.17) is 16.3 Å². The number of piperidine rings is 1. The first kappa shape index (κ1) is 15.1. The molecule has 5 heteroatoms. The number of hydrogen-bond donors (Lipinski definition) is 0. The van der Waals surface area contributed by atoms with Crippen LogP contribution in [0.25, 0.3) is 0 Å². The van der Waals surface area contributed by atoms with Gasteiger partial charge < -0.3 is 4.74 Å². The van der Waals surface area contributed by atoms with Crippen molar-refractivity contribution in [2.45, 2.75) is 31.6 Å². The highest BCUT2D eigenvalue weighted by molar-refractivity contribution is 6.31. The Labute approximate surface area is 140 Å². The van der Waals surface area contributed by atoms with Crippen LogP contribution in [-0.2, 0) is 23.5 Å². The molecule has 0 saturated carbocycles. The first-order chi connectivity index (χ1) is 11.2. The molecular formula is C18H18ClFN2O. The van der Waals surface area contributed by atoms with Gasteiger partial charge in [0.25, 0.3) is 0 Å². The van der Waals surface area contributed by atoms with E-state index in [9.17, 15) is 4.39 Å². The number of rotatable bonds is 2. The normalized spacial score (nSPS) is 19.9. The molecule has 4 rings (SSSR count). The predicted octanol–water partition coefficient (Wildman–Crippen LogP) is 3.90. The fourth-order valence-electron chi connectivity index (χ4n) is 3.65. The third-order valence-electron chi connectivity index (χ3n) is 4.97. The highest BCUT2D eigenvalue weighted by Gasteiger charge is 2.44. The average molecular weight is 333 g/mol. The van der Waals surface area contributed by atoms with Crippen LogP contribution < -0.4 is 0 Å². The van der Waals surface area contributed by atoms with E-state index in [2.05, 4.69) is 34.1 Å². The Morgan fingerprint density at radius 1 is 1.22 bits per heavy atom. The number of ether oxygens (including phenoxy) is 1. The molecule has 2 aromatic rings. The number of nitrogens with zero attached hydrogens (tertiary/aromatic N) is 2. The second kappa shape index (κ2) is 5.86. The van der Waals surface area contributed by atoms with Gasteiger partial charge in [-0.15, -0.1) is 0 Å². The zero-order valence-electron chi connectivity index (χ0n) is 12.8. The molecule has 2 aliphatic rings. The Kier molecular flexibility index (Phi) is 3.84. The Morgan fingerprint density at radius 2 is 1.96 bits per heavy atom. The van der Waals surface area contributed by atoms with Crippen molar-refractivity contribution in [2.75, 3.05) is 13.1 Å². The number of aromatic nitrogens is 1.